The number of hydrogen-bond donors (Lipinski definition) is 0. The zero-order valence-electron chi connectivity index (χ0n) is 32.8. The van der Waals surface area contributed by atoms with Crippen molar-refractivity contribution >= 4 is 48.4 Å². The second kappa shape index (κ2) is 16.6. The van der Waals surface area contributed by atoms with Crippen LogP contribution in [0.3, 0.4) is 0 Å². The van der Waals surface area contributed by atoms with Crippen LogP contribution in [-0.2, 0) is 15.3 Å². The first kappa shape index (κ1) is 39.4. The predicted molar refractivity (Wildman–Crippen MR) is 228 cm³/mol. The van der Waals surface area contributed by atoms with E-state index in [9.17, 15) is 0 Å². The summed E-state index contributed by atoms with van der Waals surface area (Å²) in [6, 6.07) is 50.1. The Morgan fingerprint density at radius 1 is 0.519 bits per heavy atom. The van der Waals surface area contributed by atoms with Gasteiger partial charge in [-0.1, -0.05) is 163 Å². The maximum Gasteiger partial charge on any atom is 0.261 e. The molecule has 0 bridgehead atoms. The first-order valence-corrected chi connectivity index (χ1v) is 23.1. The molecule has 0 aliphatic heterocycles. The number of unbranched alkanes of at least 4 members (excludes halogenated alkanes) is 1. The summed E-state index contributed by atoms with van der Waals surface area (Å²) in [6.07, 6.45) is 4.26. The Morgan fingerprint density at radius 2 is 0.944 bits per heavy atom. The number of aryl methyl sites for hydroxylation is 1. The zero-order chi connectivity index (χ0) is 38.3. The molecule has 280 valence electrons. The van der Waals surface area contributed by atoms with Crippen molar-refractivity contribution in [2.24, 2.45) is 0 Å². The van der Waals surface area contributed by atoms with Gasteiger partial charge in [0.15, 0.2) is 11.3 Å². The lowest BCUT2D eigenvalue weighted by Gasteiger charge is -2.46. The minimum atomic E-state index is -3.03. The summed E-state index contributed by atoms with van der Waals surface area (Å²) in [7, 11) is -6.05. The summed E-state index contributed by atoms with van der Waals surface area (Å²) in [4.78, 5) is 9.24. The summed E-state index contributed by atoms with van der Waals surface area (Å²) in [6.45, 7) is 13.3. The van der Waals surface area contributed by atoms with E-state index in [0.717, 1.165) is 50.3 Å². The van der Waals surface area contributed by atoms with E-state index < -0.39 is 22.3 Å². The summed E-state index contributed by atoms with van der Waals surface area (Å²) >= 11 is 0. The number of halogens is 1. The number of fused-ring (bicyclic) bond motifs is 1. The van der Waals surface area contributed by atoms with E-state index in [1.165, 1.54) is 0 Å². The van der Waals surface area contributed by atoms with E-state index in [-0.39, 0.29) is 23.3 Å². The highest BCUT2D eigenvalue weighted by Crippen LogP contribution is 2.40. The second-order valence-electron chi connectivity index (χ2n) is 16.6. The normalized spacial score (nSPS) is 12.9. The topological polar surface area (TPSA) is 44.2 Å². The van der Waals surface area contributed by atoms with E-state index in [1.54, 1.807) is 6.20 Å². The minimum Gasteiger partial charge on any atom is -0.404 e. The maximum atomic E-state index is 18.4. The van der Waals surface area contributed by atoms with Crippen molar-refractivity contribution in [2.75, 3.05) is 13.2 Å². The Labute approximate surface area is 324 Å². The molecule has 2 heterocycles. The van der Waals surface area contributed by atoms with E-state index >= 15 is 4.39 Å². The number of rotatable bonds is 15. The zero-order valence-corrected chi connectivity index (χ0v) is 34.8. The molecule has 4 nitrogen and oxygen atoms in total. The van der Waals surface area contributed by atoms with Crippen LogP contribution in [-0.4, -0.2) is 45.5 Å². The fraction of sp³-hybridized carbons (Fsp3) is 0.319. The average molecular weight is 755 g/mol. The van der Waals surface area contributed by atoms with Crippen LogP contribution in [0.4, 0.5) is 4.39 Å². The fourth-order valence-electron chi connectivity index (χ4n) is 8.06. The molecule has 0 aliphatic carbocycles. The lowest BCUT2D eigenvalue weighted by atomic mass is 9.99. The average Bonchev–Trinajstić information content (AvgIpc) is 3.18. The first-order chi connectivity index (χ1) is 25.9. The van der Waals surface area contributed by atoms with Crippen molar-refractivity contribution < 1.29 is 13.2 Å². The molecule has 0 unspecified atom stereocenters. The summed E-state index contributed by atoms with van der Waals surface area (Å²) in [5.74, 6) is 0. The van der Waals surface area contributed by atoms with Crippen LogP contribution in [0.1, 0.15) is 66.5 Å². The highest BCUT2D eigenvalue weighted by Gasteiger charge is 2.54. The third-order valence-electron chi connectivity index (χ3n) is 10.8. The minimum absolute atomic E-state index is 0.0728. The number of benzene rings is 4. The van der Waals surface area contributed by atoms with Crippen LogP contribution in [0.25, 0.3) is 11.0 Å². The van der Waals surface area contributed by atoms with Crippen LogP contribution >= 0.6 is 0 Å². The van der Waals surface area contributed by atoms with Gasteiger partial charge in [0.05, 0.1) is 13.2 Å². The Bertz CT molecular complexity index is 1880. The number of hydrogen-bond acceptors (Lipinski definition) is 4. The van der Waals surface area contributed by atoms with Crippen molar-refractivity contribution in [3.05, 3.63) is 157 Å². The monoisotopic (exact) mass is 754 g/mol. The molecule has 4 aromatic carbocycles. The summed E-state index contributed by atoms with van der Waals surface area (Å²) in [5, 5.41) is 4.98. The van der Waals surface area contributed by atoms with Crippen molar-refractivity contribution in [2.45, 2.75) is 83.0 Å². The molecular weight excluding hydrogens is 700 g/mol. The molecule has 7 heteroatoms. The molecule has 0 atom stereocenters. The largest absolute Gasteiger partial charge is 0.404 e. The SMILES string of the molecule is CC(C)(C)[Si](OCC(F)(CCCCc1ccc2cccnc2n1)CO[Si](c1ccccc1)(c1ccccc1)C(C)(C)C)(c1ccccc1)c1ccccc1. The van der Waals surface area contributed by atoms with E-state index in [0.29, 0.717) is 12.8 Å². The van der Waals surface area contributed by atoms with Gasteiger partial charge in [0.2, 0.25) is 0 Å². The Kier molecular flexibility index (Phi) is 12.1. The maximum absolute atomic E-state index is 18.4. The highest BCUT2D eigenvalue weighted by atomic mass is 28.4. The molecule has 0 N–H and O–H groups in total. The standard InChI is InChI=1S/C47H55FN2O2Si2/c1-45(2,3)53(40-24-11-7-12-25-40,41-26-13-8-14-27-41)51-36-47(48,34-20-19-23-39-33-32-38-22-21-35-49-44(38)50-39)37-52-54(46(4,5)6,42-28-15-9-16-29-42)43-30-17-10-18-31-43/h7-18,21-22,24-33,35H,19-20,23,34,36-37H2,1-6H3. The summed E-state index contributed by atoms with van der Waals surface area (Å²) in [5.41, 5.74) is -0.0524. The van der Waals surface area contributed by atoms with Crippen LogP contribution in [0.15, 0.2) is 152 Å². The van der Waals surface area contributed by atoms with Gasteiger partial charge in [-0.3, -0.25) is 0 Å². The van der Waals surface area contributed by atoms with Gasteiger partial charge in [0, 0.05) is 17.3 Å². The van der Waals surface area contributed by atoms with Crippen LogP contribution in [0.2, 0.25) is 10.1 Å². The number of pyridine rings is 2. The number of aromatic nitrogens is 2. The lowest BCUT2D eigenvalue weighted by molar-refractivity contribution is 0.0194. The smallest absolute Gasteiger partial charge is 0.261 e. The lowest BCUT2D eigenvalue weighted by Crippen LogP contribution is -2.69. The van der Waals surface area contributed by atoms with Gasteiger partial charge < -0.3 is 8.85 Å². The van der Waals surface area contributed by atoms with Gasteiger partial charge in [0.25, 0.3) is 16.6 Å². The Morgan fingerprint density at radius 3 is 1.35 bits per heavy atom. The number of alkyl halides is 1. The first-order valence-electron chi connectivity index (χ1n) is 19.3. The molecule has 0 amide bonds. The Hall–Kier alpha value is -4.28. The molecule has 0 radical (unpaired) electrons. The molecule has 2 aromatic heterocycles. The second-order valence-corrected chi connectivity index (χ2v) is 25.2. The molecule has 54 heavy (non-hydrogen) atoms. The van der Waals surface area contributed by atoms with Crippen molar-refractivity contribution in [1.29, 1.82) is 0 Å². The third kappa shape index (κ3) is 8.35. The van der Waals surface area contributed by atoms with Gasteiger partial charge in [-0.25, -0.2) is 14.4 Å². The number of nitrogens with zero attached hydrogens (tertiary/aromatic N) is 2. The van der Waals surface area contributed by atoms with E-state index in [1.807, 2.05) is 36.4 Å². The van der Waals surface area contributed by atoms with Gasteiger partial charge in [0.1, 0.15) is 0 Å². The molecule has 6 rings (SSSR count). The molecule has 0 saturated carbocycles. The third-order valence-corrected chi connectivity index (χ3v) is 20.7. The van der Waals surface area contributed by atoms with Gasteiger partial charge in [-0.2, -0.15) is 0 Å². The van der Waals surface area contributed by atoms with Crippen LogP contribution < -0.4 is 20.7 Å². The predicted octanol–water partition coefficient (Wildman–Crippen LogP) is 9.20. The molecule has 0 fully saturated rings. The van der Waals surface area contributed by atoms with Gasteiger partial charge in [-0.05, 0) is 80.8 Å². The molecule has 0 spiro atoms. The molecule has 0 aliphatic rings. The van der Waals surface area contributed by atoms with E-state index in [4.69, 9.17) is 13.8 Å². The molecule has 0 saturated heterocycles. The highest BCUT2D eigenvalue weighted by molar-refractivity contribution is 7.00. The van der Waals surface area contributed by atoms with Crippen LogP contribution in [0.5, 0.6) is 0 Å². The van der Waals surface area contributed by atoms with Gasteiger partial charge in [-0.15, -0.1) is 0 Å². The quantitative estimate of drug-likeness (QED) is 0.0775. The molecular formula is C47H55FN2O2Si2. The van der Waals surface area contributed by atoms with Crippen molar-refractivity contribution in [3.8, 4) is 0 Å². The molecule has 6 aromatic rings. The van der Waals surface area contributed by atoms with E-state index in [2.05, 4.69) is 156 Å². The van der Waals surface area contributed by atoms with Gasteiger partial charge >= 0.3 is 0 Å². The fourth-order valence-corrected chi connectivity index (χ4v) is 17.3. The van der Waals surface area contributed by atoms with Crippen molar-refractivity contribution in [3.63, 3.8) is 0 Å². The Balaban J connectivity index is 1.36. The van der Waals surface area contributed by atoms with Crippen LogP contribution in [0, 0.1) is 0 Å². The van der Waals surface area contributed by atoms with Crippen molar-refractivity contribution in [1.82, 2.24) is 9.97 Å². The summed E-state index contributed by atoms with van der Waals surface area (Å²) < 4.78 is 33.1.